The van der Waals surface area contributed by atoms with Crippen molar-refractivity contribution in [1.82, 2.24) is 0 Å². The summed E-state index contributed by atoms with van der Waals surface area (Å²) in [5.74, 6) is 5.06. The van der Waals surface area contributed by atoms with Gasteiger partial charge in [-0.1, -0.05) is 46.3 Å². The van der Waals surface area contributed by atoms with Crippen molar-refractivity contribution in [3.8, 4) is 0 Å². The first-order valence-electron chi connectivity index (χ1n) is 6.09. The maximum absolute atomic E-state index is 12.1. The number of carbonyl (C=O) groups is 1. The molecular formula is C15H16BrClN2O2. The molecule has 21 heavy (non-hydrogen) atoms. The summed E-state index contributed by atoms with van der Waals surface area (Å²) in [4.78, 5) is 12.1. The lowest BCUT2D eigenvalue weighted by atomic mass is 10.1. The second kappa shape index (κ2) is 8.02. The fourth-order valence-corrected chi connectivity index (χ4v) is 2.30. The maximum atomic E-state index is 12.1. The van der Waals surface area contributed by atoms with Gasteiger partial charge in [-0.3, -0.25) is 5.84 Å². The van der Waals surface area contributed by atoms with E-state index in [0.717, 1.165) is 15.6 Å². The summed E-state index contributed by atoms with van der Waals surface area (Å²) >= 11 is 3.35. The van der Waals surface area contributed by atoms with Crippen LogP contribution in [0.5, 0.6) is 0 Å². The highest BCUT2D eigenvalue weighted by Gasteiger charge is 2.14. The predicted octanol–water partition coefficient (Wildman–Crippen LogP) is 3.82. The molecule has 3 N–H and O–H groups in total. The molecular weight excluding hydrogens is 356 g/mol. The predicted molar refractivity (Wildman–Crippen MR) is 89.5 cm³/mol. The van der Waals surface area contributed by atoms with E-state index < -0.39 is 0 Å². The van der Waals surface area contributed by atoms with Crippen LogP contribution in [0, 0.1) is 6.92 Å². The van der Waals surface area contributed by atoms with E-state index in [1.807, 2.05) is 43.3 Å². The third-order valence-corrected chi connectivity index (χ3v) is 3.42. The van der Waals surface area contributed by atoms with Gasteiger partial charge in [-0.15, -0.1) is 12.4 Å². The SMILES string of the molecule is Cc1c(NN)cc(Br)cc1C(=O)OCc1ccccc1.Cl. The quantitative estimate of drug-likeness (QED) is 0.487. The van der Waals surface area contributed by atoms with Crippen molar-refractivity contribution in [2.45, 2.75) is 13.5 Å². The Labute approximate surface area is 138 Å². The van der Waals surface area contributed by atoms with Gasteiger partial charge >= 0.3 is 5.97 Å². The third kappa shape index (κ3) is 4.46. The van der Waals surface area contributed by atoms with E-state index in [1.54, 1.807) is 6.07 Å². The molecule has 0 unspecified atom stereocenters. The molecule has 112 valence electrons. The lowest BCUT2D eigenvalue weighted by Gasteiger charge is -2.11. The Hall–Kier alpha value is -1.56. The standard InChI is InChI=1S/C15H15BrN2O2.ClH/c1-10-13(7-12(16)8-14(10)18-17)15(19)20-9-11-5-3-2-4-6-11;/h2-8,18H,9,17H2,1H3;1H. The van der Waals surface area contributed by atoms with Crippen molar-refractivity contribution >= 4 is 40.0 Å². The fraction of sp³-hybridized carbons (Fsp3) is 0.133. The molecule has 0 saturated carbocycles. The van der Waals surface area contributed by atoms with Gasteiger partial charge in [0.1, 0.15) is 6.61 Å². The number of esters is 1. The molecule has 0 radical (unpaired) electrons. The van der Waals surface area contributed by atoms with Crippen LogP contribution < -0.4 is 11.3 Å². The summed E-state index contributed by atoms with van der Waals surface area (Å²) in [6, 6.07) is 13.1. The van der Waals surface area contributed by atoms with E-state index in [4.69, 9.17) is 10.6 Å². The number of hydrazine groups is 1. The zero-order valence-electron chi connectivity index (χ0n) is 11.4. The van der Waals surface area contributed by atoms with Crippen LogP contribution in [-0.2, 0) is 11.3 Å². The molecule has 0 aromatic heterocycles. The Kier molecular flexibility index (Phi) is 6.68. The number of benzene rings is 2. The average molecular weight is 372 g/mol. The molecule has 0 atom stereocenters. The second-order valence-electron chi connectivity index (χ2n) is 4.33. The van der Waals surface area contributed by atoms with Gasteiger partial charge in [0.25, 0.3) is 0 Å². The first-order valence-corrected chi connectivity index (χ1v) is 6.89. The van der Waals surface area contributed by atoms with Gasteiger partial charge < -0.3 is 10.2 Å². The van der Waals surface area contributed by atoms with Crippen LogP contribution in [0.2, 0.25) is 0 Å². The van der Waals surface area contributed by atoms with Crippen molar-refractivity contribution in [3.63, 3.8) is 0 Å². The number of nitrogens with two attached hydrogens (primary N) is 1. The zero-order valence-corrected chi connectivity index (χ0v) is 13.8. The van der Waals surface area contributed by atoms with Crippen LogP contribution in [0.25, 0.3) is 0 Å². The molecule has 0 fully saturated rings. The zero-order chi connectivity index (χ0) is 14.5. The number of hydrogen-bond donors (Lipinski definition) is 2. The Morgan fingerprint density at radius 3 is 2.57 bits per heavy atom. The van der Waals surface area contributed by atoms with Crippen molar-refractivity contribution in [3.05, 3.63) is 63.6 Å². The van der Waals surface area contributed by atoms with E-state index in [0.29, 0.717) is 11.3 Å². The second-order valence-corrected chi connectivity index (χ2v) is 5.25. The lowest BCUT2D eigenvalue weighted by Crippen LogP contribution is -2.12. The largest absolute Gasteiger partial charge is 0.457 e. The summed E-state index contributed by atoms with van der Waals surface area (Å²) < 4.78 is 6.09. The number of nitrogens with one attached hydrogen (secondary N) is 1. The van der Waals surface area contributed by atoms with Crippen LogP contribution in [0.3, 0.4) is 0 Å². The highest BCUT2D eigenvalue weighted by atomic mass is 79.9. The van der Waals surface area contributed by atoms with Gasteiger partial charge in [0.05, 0.1) is 11.3 Å². The smallest absolute Gasteiger partial charge is 0.338 e. The topological polar surface area (TPSA) is 64.3 Å². The maximum Gasteiger partial charge on any atom is 0.338 e. The van der Waals surface area contributed by atoms with Crippen molar-refractivity contribution in [2.24, 2.45) is 5.84 Å². The van der Waals surface area contributed by atoms with E-state index in [9.17, 15) is 4.79 Å². The van der Waals surface area contributed by atoms with Gasteiger partial charge in [-0.05, 0) is 30.2 Å². The van der Waals surface area contributed by atoms with Crippen LogP contribution in [0.4, 0.5) is 5.69 Å². The molecule has 0 aliphatic carbocycles. The Bertz CT molecular complexity index is 621. The summed E-state index contributed by atoms with van der Waals surface area (Å²) in [5.41, 5.74) is 5.45. The minimum Gasteiger partial charge on any atom is -0.457 e. The Morgan fingerprint density at radius 1 is 1.29 bits per heavy atom. The van der Waals surface area contributed by atoms with Crippen LogP contribution in [0.15, 0.2) is 46.9 Å². The van der Waals surface area contributed by atoms with Gasteiger partial charge in [0, 0.05) is 4.47 Å². The first-order chi connectivity index (χ1) is 9.61. The molecule has 0 aliphatic heterocycles. The van der Waals surface area contributed by atoms with E-state index in [2.05, 4.69) is 21.4 Å². The monoisotopic (exact) mass is 370 g/mol. The van der Waals surface area contributed by atoms with Gasteiger partial charge in [0.15, 0.2) is 0 Å². The summed E-state index contributed by atoms with van der Waals surface area (Å²) in [6.07, 6.45) is 0. The van der Waals surface area contributed by atoms with E-state index in [-0.39, 0.29) is 25.0 Å². The number of ether oxygens (including phenoxy) is 1. The normalized spacial score (nSPS) is 9.67. The highest BCUT2D eigenvalue weighted by molar-refractivity contribution is 9.10. The molecule has 4 nitrogen and oxygen atoms in total. The number of hydrogen-bond acceptors (Lipinski definition) is 4. The van der Waals surface area contributed by atoms with Crippen molar-refractivity contribution < 1.29 is 9.53 Å². The van der Waals surface area contributed by atoms with Crippen LogP contribution >= 0.6 is 28.3 Å². The Morgan fingerprint density at radius 2 is 1.95 bits per heavy atom. The average Bonchev–Trinajstić information content (AvgIpc) is 2.47. The minimum absolute atomic E-state index is 0. The van der Waals surface area contributed by atoms with Crippen molar-refractivity contribution in [1.29, 1.82) is 0 Å². The van der Waals surface area contributed by atoms with Gasteiger partial charge in [-0.25, -0.2) is 4.79 Å². The number of anilines is 1. The fourth-order valence-electron chi connectivity index (χ4n) is 1.84. The van der Waals surface area contributed by atoms with Crippen molar-refractivity contribution in [2.75, 3.05) is 5.43 Å². The Balaban J connectivity index is 0.00000220. The molecule has 0 bridgehead atoms. The number of carbonyl (C=O) groups excluding carboxylic acids is 1. The van der Waals surface area contributed by atoms with E-state index in [1.165, 1.54) is 0 Å². The molecule has 2 aromatic rings. The number of halogens is 2. The van der Waals surface area contributed by atoms with Gasteiger partial charge in [0.2, 0.25) is 0 Å². The summed E-state index contributed by atoms with van der Waals surface area (Å²) in [7, 11) is 0. The molecule has 2 rings (SSSR count). The molecule has 0 aliphatic rings. The molecule has 0 saturated heterocycles. The molecule has 2 aromatic carbocycles. The third-order valence-electron chi connectivity index (χ3n) is 2.96. The number of nitrogen functional groups attached to an aromatic ring is 1. The van der Waals surface area contributed by atoms with Gasteiger partial charge in [-0.2, -0.15) is 0 Å². The molecule has 0 amide bonds. The van der Waals surface area contributed by atoms with Crippen LogP contribution in [-0.4, -0.2) is 5.97 Å². The summed E-state index contributed by atoms with van der Waals surface area (Å²) in [5, 5.41) is 0. The molecule has 0 heterocycles. The van der Waals surface area contributed by atoms with E-state index >= 15 is 0 Å². The highest BCUT2D eigenvalue weighted by Crippen LogP contribution is 2.25. The van der Waals surface area contributed by atoms with Crippen LogP contribution in [0.1, 0.15) is 21.5 Å². The molecule has 6 heteroatoms. The first kappa shape index (κ1) is 17.5. The summed E-state index contributed by atoms with van der Waals surface area (Å²) in [6.45, 7) is 2.07. The lowest BCUT2D eigenvalue weighted by molar-refractivity contribution is 0.0472. The minimum atomic E-state index is -0.371. The number of rotatable bonds is 4. The molecule has 0 spiro atoms.